The highest BCUT2D eigenvalue weighted by atomic mass is 32.1. The fraction of sp³-hybridized carbons (Fsp3) is 0.143. The third kappa shape index (κ3) is 2.87. The topological polar surface area (TPSA) is 74.2 Å². The Labute approximate surface area is 120 Å². The predicted molar refractivity (Wildman–Crippen MR) is 76.3 cm³/mol. The highest BCUT2D eigenvalue weighted by Crippen LogP contribution is 2.20. The minimum Gasteiger partial charge on any atom is -0.485 e. The number of nitrogens with zero attached hydrogens (tertiary/aromatic N) is 2. The minimum atomic E-state index is 0.273. The lowest BCUT2D eigenvalue weighted by molar-refractivity contribution is 0.287. The van der Waals surface area contributed by atoms with Gasteiger partial charge in [-0.1, -0.05) is 17.3 Å². The summed E-state index contributed by atoms with van der Waals surface area (Å²) in [6, 6.07) is 9.56. The van der Waals surface area contributed by atoms with E-state index >= 15 is 0 Å². The van der Waals surface area contributed by atoms with Gasteiger partial charge in [0.05, 0.1) is 5.56 Å². The molecule has 0 aliphatic rings. The monoisotopic (exact) mass is 287 g/mol. The maximum atomic E-state index is 5.60. The maximum Gasteiger partial charge on any atom is 0.258 e. The van der Waals surface area contributed by atoms with E-state index in [-0.39, 0.29) is 6.61 Å². The lowest BCUT2D eigenvalue weighted by Crippen LogP contribution is -1.99. The molecule has 6 heteroatoms. The van der Waals surface area contributed by atoms with Gasteiger partial charge in [0.25, 0.3) is 5.89 Å². The Bertz CT molecular complexity index is 662. The van der Waals surface area contributed by atoms with E-state index in [4.69, 9.17) is 15.0 Å². The van der Waals surface area contributed by atoms with E-state index in [1.807, 2.05) is 41.1 Å². The summed E-state index contributed by atoms with van der Waals surface area (Å²) in [5.41, 5.74) is 7.54. The summed E-state index contributed by atoms with van der Waals surface area (Å²) >= 11 is 1.59. The van der Waals surface area contributed by atoms with Crippen LogP contribution in [0.15, 0.2) is 45.6 Å². The molecule has 3 aromatic rings. The zero-order valence-electron chi connectivity index (χ0n) is 10.7. The molecule has 20 heavy (non-hydrogen) atoms. The summed E-state index contributed by atoms with van der Waals surface area (Å²) < 4.78 is 10.8. The second-order valence-electron chi connectivity index (χ2n) is 4.16. The molecule has 0 saturated heterocycles. The van der Waals surface area contributed by atoms with Crippen LogP contribution in [0, 0.1) is 0 Å². The molecule has 0 aliphatic carbocycles. The first kappa shape index (κ1) is 12.8. The van der Waals surface area contributed by atoms with Crippen molar-refractivity contribution in [3.63, 3.8) is 0 Å². The van der Waals surface area contributed by atoms with Gasteiger partial charge in [0.15, 0.2) is 6.61 Å². The number of thiophene rings is 1. The first-order valence-electron chi connectivity index (χ1n) is 6.12. The Balaban J connectivity index is 1.63. The van der Waals surface area contributed by atoms with E-state index in [0.29, 0.717) is 18.3 Å². The van der Waals surface area contributed by atoms with Crippen molar-refractivity contribution in [2.24, 2.45) is 5.73 Å². The highest BCUT2D eigenvalue weighted by molar-refractivity contribution is 7.08. The van der Waals surface area contributed by atoms with Crippen LogP contribution in [0.2, 0.25) is 0 Å². The first-order chi connectivity index (χ1) is 9.85. The summed E-state index contributed by atoms with van der Waals surface area (Å²) in [7, 11) is 0. The van der Waals surface area contributed by atoms with Gasteiger partial charge in [-0.15, -0.1) is 0 Å². The molecule has 3 rings (SSSR count). The highest BCUT2D eigenvalue weighted by Gasteiger charge is 2.09. The van der Waals surface area contributed by atoms with Crippen molar-refractivity contribution in [3.8, 4) is 17.2 Å². The molecule has 0 aliphatic heterocycles. The van der Waals surface area contributed by atoms with Crippen LogP contribution in [0.5, 0.6) is 5.75 Å². The first-order valence-corrected chi connectivity index (χ1v) is 7.06. The second kappa shape index (κ2) is 5.85. The number of aromatic nitrogens is 2. The fourth-order valence-electron chi connectivity index (χ4n) is 1.69. The summed E-state index contributed by atoms with van der Waals surface area (Å²) in [5, 5.41) is 7.82. The van der Waals surface area contributed by atoms with Crippen LogP contribution in [0.1, 0.15) is 11.4 Å². The SMILES string of the molecule is NCc1ccc(OCc2noc(-c3ccsc3)n2)cc1. The molecule has 0 amide bonds. The van der Waals surface area contributed by atoms with Crippen molar-refractivity contribution in [3.05, 3.63) is 52.5 Å². The van der Waals surface area contributed by atoms with Crippen molar-refractivity contribution in [1.29, 1.82) is 0 Å². The van der Waals surface area contributed by atoms with Crippen LogP contribution >= 0.6 is 11.3 Å². The van der Waals surface area contributed by atoms with E-state index in [2.05, 4.69) is 10.1 Å². The Morgan fingerprint density at radius 2 is 2.05 bits per heavy atom. The van der Waals surface area contributed by atoms with Gasteiger partial charge in [-0.3, -0.25) is 0 Å². The van der Waals surface area contributed by atoms with Gasteiger partial charge in [0.2, 0.25) is 5.82 Å². The maximum absolute atomic E-state index is 5.60. The number of hydrogen-bond acceptors (Lipinski definition) is 6. The van der Waals surface area contributed by atoms with Crippen molar-refractivity contribution in [1.82, 2.24) is 10.1 Å². The third-order valence-electron chi connectivity index (χ3n) is 2.76. The molecule has 0 saturated carbocycles. The number of nitrogens with two attached hydrogens (primary N) is 1. The lowest BCUT2D eigenvalue weighted by Gasteiger charge is -2.03. The van der Waals surface area contributed by atoms with Crippen molar-refractivity contribution in [2.45, 2.75) is 13.2 Å². The van der Waals surface area contributed by atoms with Crippen molar-refractivity contribution >= 4 is 11.3 Å². The third-order valence-corrected chi connectivity index (χ3v) is 3.45. The van der Waals surface area contributed by atoms with Gasteiger partial charge in [-0.05, 0) is 29.1 Å². The quantitative estimate of drug-likeness (QED) is 0.781. The Kier molecular flexibility index (Phi) is 3.76. The summed E-state index contributed by atoms with van der Waals surface area (Å²) in [6.45, 7) is 0.796. The van der Waals surface area contributed by atoms with Crippen molar-refractivity contribution < 1.29 is 9.26 Å². The van der Waals surface area contributed by atoms with E-state index in [0.717, 1.165) is 16.9 Å². The Morgan fingerprint density at radius 1 is 1.20 bits per heavy atom. The largest absolute Gasteiger partial charge is 0.485 e. The van der Waals surface area contributed by atoms with E-state index < -0.39 is 0 Å². The Hall–Kier alpha value is -2.18. The summed E-state index contributed by atoms with van der Waals surface area (Å²) in [6.07, 6.45) is 0. The van der Waals surface area contributed by atoms with Gasteiger partial charge in [-0.2, -0.15) is 16.3 Å². The molecular formula is C14H13N3O2S. The molecule has 0 spiro atoms. The van der Waals surface area contributed by atoms with E-state index in [9.17, 15) is 0 Å². The van der Waals surface area contributed by atoms with Crippen LogP contribution < -0.4 is 10.5 Å². The number of ether oxygens (including phenoxy) is 1. The molecule has 0 atom stereocenters. The summed E-state index contributed by atoms with van der Waals surface area (Å²) in [5.74, 6) is 1.79. The van der Waals surface area contributed by atoms with Crippen molar-refractivity contribution in [2.75, 3.05) is 0 Å². The van der Waals surface area contributed by atoms with Crippen LogP contribution in [0.25, 0.3) is 11.5 Å². The molecule has 102 valence electrons. The molecule has 0 fully saturated rings. The zero-order valence-corrected chi connectivity index (χ0v) is 11.5. The summed E-state index contributed by atoms with van der Waals surface area (Å²) in [4.78, 5) is 4.29. The normalized spacial score (nSPS) is 10.7. The molecule has 2 N–H and O–H groups in total. The van der Waals surface area contributed by atoms with Gasteiger partial charge < -0.3 is 15.0 Å². The van der Waals surface area contributed by atoms with Gasteiger partial charge in [0, 0.05) is 11.9 Å². The van der Waals surface area contributed by atoms with Gasteiger partial charge in [0.1, 0.15) is 5.75 Å². The molecule has 2 aromatic heterocycles. The lowest BCUT2D eigenvalue weighted by atomic mass is 10.2. The van der Waals surface area contributed by atoms with E-state index in [1.54, 1.807) is 11.3 Å². The standard InChI is InChI=1S/C14H13N3O2S/c15-7-10-1-3-12(4-2-10)18-8-13-16-14(19-17-13)11-5-6-20-9-11/h1-6,9H,7-8,15H2. The second-order valence-corrected chi connectivity index (χ2v) is 4.94. The molecule has 0 radical (unpaired) electrons. The molecule has 2 heterocycles. The van der Waals surface area contributed by atoms with E-state index in [1.165, 1.54) is 0 Å². The van der Waals surface area contributed by atoms with Crippen LogP contribution in [-0.4, -0.2) is 10.1 Å². The average molecular weight is 287 g/mol. The average Bonchev–Trinajstić information content (AvgIpc) is 3.16. The molecule has 0 bridgehead atoms. The number of hydrogen-bond donors (Lipinski definition) is 1. The molecule has 1 aromatic carbocycles. The van der Waals surface area contributed by atoms with Crippen LogP contribution in [0.3, 0.4) is 0 Å². The number of benzene rings is 1. The van der Waals surface area contributed by atoms with Crippen LogP contribution in [0.4, 0.5) is 0 Å². The van der Waals surface area contributed by atoms with Gasteiger partial charge >= 0.3 is 0 Å². The zero-order chi connectivity index (χ0) is 13.8. The number of rotatable bonds is 5. The fourth-order valence-corrected chi connectivity index (χ4v) is 2.32. The van der Waals surface area contributed by atoms with Crippen LogP contribution in [-0.2, 0) is 13.2 Å². The Morgan fingerprint density at radius 3 is 2.75 bits per heavy atom. The predicted octanol–water partition coefficient (Wildman–Crippen LogP) is 2.84. The molecule has 5 nitrogen and oxygen atoms in total. The smallest absolute Gasteiger partial charge is 0.258 e. The minimum absolute atomic E-state index is 0.273. The molecular weight excluding hydrogens is 274 g/mol. The molecule has 0 unspecified atom stereocenters. The van der Waals surface area contributed by atoms with Gasteiger partial charge in [-0.25, -0.2) is 0 Å².